The molecule has 5 aromatic rings. The van der Waals surface area contributed by atoms with Gasteiger partial charge in [-0.15, -0.1) is 0 Å². The summed E-state index contributed by atoms with van der Waals surface area (Å²) >= 11 is 0. The van der Waals surface area contributed by atoms with Crippen LogP contribution in [0.4, 0.5) is 22.7 Å². The Labute approximate surface area is 183 Å². The average molecular weight is 403 g/mol. The summed E-state index contributed by atoms with van der Waals surface area (Å²) in [6.45, 7) is 4.24. The van der Waals surface area contributed by atoms with E-state index in [1.165, 1.54) is 38.4 Å². The lowest BCUT2D eigenvalue weighted by molar-refractivity contribution is 1.22. The van der Waals surface area contributed by atoms with E-state index in [9.17, 15) is 0 Å². The maximum Gasteiger partial charge on any atom is 0.0733 e. The highest BCUT2D eigenvalue weighted by molar-refractivity contribution is 6.21. The van der Waals surface area contributed by atoms with Gasteiger partial charge in [-0.2, -0.15) is 0 Å². The van der Waals surface area contributed by atoms with Crippen LogP contribution in [-0.2, 0) is 0 Å². The van der Waals surface area contributed by atoms with Gasteiger partial charge in [-0.25, -0.2) is 0 Å². The standard InChI is InChI=1S/C29H26N2/c1-20-12-16-22(17-13-20)30-28-26-10-6-4-8-24(26)25-9-5-7-11-27(25)29(28)31(3)23-18-14-21(2)15-19-23/h4-19,30H,1-3H3. The first kappa shape index (κ1) is 19.2. The Balaban J connectivity index is 1.81. The lowest BCUT2D eigenvalue weighted by Gasteiger charge is -2.27. The monoisotopic (exact) mass is 402 g/mol. The van der Waals surface area contributed by atoms with Crippen LogP contribution < -0.4 is 10.2 Å². The molecule has 0 atom stereocenters. The summed E-state index contributed by atoms with van der Waals surface area (Å²) in [5, 5.41) is 8.73. The SMILES string of the molecule is Cc1ccc(Nc2c(N(C)c3ccc(C)cc3)c3ccccc3c3ccccc23)cc1. The number of nitrogens with one attached hydrogen (secondary N) is 1. The average Bonchev–Trinajstić information content (AvgIpc) is 2.81. The molecule has 2 nitrogen and oxygen atoms in total. The van der Waals surface area contributed by atoms with Crippen LogP contribution in [0.2, 0.25) is 0 Å². The highest BCUT2D eigenvalue weighted by Gasteiger charge is 2.18. The highest BCUT2D eigenvalue weighted by atomic mass is 15.1. The zero-order chi connectivity index (χ0) is 21.4. The second-order valence-corrected chi connectivity index (χ2v) is 8.20. The van der Waals surface area contributed by atoms with Gasteiger partial charge in [-0.05, 0) is 48.9 Å². The highest BCUT2D eigenvalue weighted by Crippen LogP contribution is 2.45. The Hall–Kier alpha value is -3.78. The van der Waals surface area contributed by atoms with Crippen molar-refractivity contribution in [1.82, 2.24) is 0 Å². The molecule has 1 N–H and O–H groups in total. The van der Waals surface area contributed by atoms with E-state index in [1.54, 1.807) is 0 Å². The molecule has 0 aromatic heterocycles. The molecule has 2 heteroatoms. The summed E-state index contributed by atoms with van der Waals surface area (Å²) < 4.78 is 0. The summed E-state index contributed by atoms with van der Waals surface area (Å²) in [4.78, 5) is 2.30. The van der Waals surface area contributed by atoms with Gasteiger partial charge in [-0.3, -0.25) is 0 Å². The Morgan fingerprint density at radius 1 is 0.548 bits per heavy atom. The van der Waals surface area contributed by atoms with E-state index in [4.69, 9.17) is 0 Å². The molecule has 0 saturated carbocycles. The van der Waals surface area contributed by atoms with E-state index >= 15 is 0 Å². The predicted molar refractivity (Wildman–Crippen MR) is 135 cm³/mol. The molecule has 0 fully saturated rings. The van der Waals surface area contributed by atoms with Crippen LogP contribution in [0.15, 0.2) is 97.1 Å². The number of anilines is 4. The number of benzene rings is 5. The van der Waals surface area contributed by atoms with E-state index in [0.29, 0.717) is 0 Å². The van der Waals surface area contributed by atoms with E-state index < -0.39 is 0 Å². The summed E-state index contributed by atoms with van der Waals surface area (Å²) in [6.07, 6.45) is 0. The Kier molecular flexibility index (Phi) is 4.83. The molecular weight excluding hydrogens is 376 g/mol. The molecule has 0 spiro atoms. The van der Waals surface area contributed by atoms with E-state index in [0.717, 1.165) is 17.1 Å². The van der Waals surface area contributed by atoms with Crippen molar-refractivity contribution in [2.24, 2.45) is 0 Å². The second kappa shape index (κ2) is 7.81. The third kappa shape index (κ3) is 3.51. The number of rotatable bonds is 4. The molecule has 0 amide bonds. The van der Waals surface area contributed by atoms with Gasteiger partial charge < -0.3 is 10.2 Å². The lowest BCUT2D eigenvalue weighted by atomic mass is 9.97. The molecule has 0 aliphatic rings. The third-order valence-corrected chi connectivity index (χ3v) is 5.98. The van der Waals surface area contributed by atoms with Crippen LogP contribution in [0.3, 0.4) is 0 Å². The van der Waals surface area contributed by atoms with Crippen molar-refractivity contribution in [3.8, 4) is 0 Å². The fraction of sp³-hybridized carbons (Fsp3) is 0.103. The Morgan fingerprint density at radius 2 is 1.03 bits per heavy atom. The van der Waals surface area contributed by atoms with Gasteiger partial charge in [0.15, 0.2) is 0 Å². The van der Waals surface area contributed by atoms with Crippen LogP contribution in [-0.4, -0.2) is 7.05 Å². The summed E-state index contributed by atoms with van der Waals surface area (Å²) in [5.41, 5.74) is 7.08. The molecule has 152 valence electrons. The zero-order valence-corrected chi connectivity index (χ0v) is 18.2. The number of aryl methyl sites for hydroxylation is 2. The minimum absolute atomic E-state index is 1.09. The van der Waals surface area contributed by atoms with E-state index in [-0.39, 0.29) is 0 Å². The second-order valence-electron chi connectivity index (χ2n) is 8.20. The van der Waals surface area contributed by atoms with Gasteiger partial charge in [0, 0.05) is 29.2 Å². The topological polar surface area (TPSA) is 15.3 Å². The van der Waals surface area contributed by atoms with Crippen molar-refractivity contribution in [3.05, 3.63) is 108 Å². The van der Waals surface area contributed by atoms with Gasteiger partial charge in [0.25, 0.3) is 0 Å². The van der Waals surface area contributed by atoms with E-state index in [2.05, 4.69) is 128 Å². The largest absolute Gasteiger partial charge is 0.353 e. The number of hydrogen-bond donors (Lipinski definition) is 1. The van der Waals surface area contributed by atoms with Gasteiger partial charge in [-0.1, -0.05) is 83.9 Å². The van der Waals surface area contributed by atoms with Gasteiger partial charge >= 0.3 is 0 Å². The van der Waals surface area contributed by atoms with Crippen LogP contribution in [0.1, 0.15) is 11.1 Å². The van der Waals surface area contributed by atoms with Gasteiger partial charge in [0.1, 0.15) is 0 Å². The molecule has 0 heterocycles. The van der Waals surface area contributed by atoms with Crippen molar-refractivity contribution < 1.29 is 0 Å². The Morgan fingerprint density at radius 3 is 1.65 bits per heavy atom. The van der Waals surface area contributed by atoms with Crippen LogP contribution >= 0.6 is 0 Å². The van der Waals surface area contributed by atoms with Crippen molar-refractivity contribution in [2.45, 2.75) is 13.8 Å². The normalized spacial score (nSPS) is 11.1. The molecular formula is C29H26N2. The molecule has 0 aliphatic carbocycles. The van der Waals surface area contributed by atoms with Crippen LogP contribution in [0.5, 0.6) is 0 Å². The minimum Gasteiger partial charge on any atom is -0.353 e. The van der Waals surface area contributed by atoms with E-state index in [1.807, 2.05) is 0 Å². The van der Waals surface area contributed by atoms with Crippen molar-refractivity contribution in [3.63, 3.8) is 0 Å². The molecule has 0 unspecified atom stereocenters. The molecule has 0 bridgehead atoms. The molecule has 5 rings (SSSR count). The third-order valence-electron chi connectivity index (χ3n) is 5.98. The van der Waals surface area contributed by atoms with Crippen LogP contribution in [0, 0.1) is 13.8 Å². The van der Waals surface area contributed by atoms with Gasteiger partial charge in [0.2, 0.25) is 0 Å². The molecule has 0 radical (unpaired) electrons. The summed E-state index contributed by atoms with van der Waals surface area (Å²) in [5.74, 6) is 0. The summed E-state index contributed by atoms with van der Waals surface area (Å²) in [7, 11) is 2.15. The molecule has 0 aliphatic heterocycles. The number of fused-ring (bicyclic) bond motifs is 3. The fourth-order valence-corrected chi connectivity index (χ4v) is 4.28. The first-order valence-electron chi connectivity index (χ1n) is 10.7. The van der Waals surface area contributed by atoms with Crippen LogP contribution in [0.25, 0.3) is 21.5 Å². The first-order chi connectivity index (χ1) is 15.1. The van der Waals surface area contributed by atoms with Crippen molar-refractivity contribution >= 4 is 44.3 Å². The molecule has 5 aromatic carbocycles. The number of nitrogens with zero attached hydrogens (tertiary/aromatic N) is 1. The fourth-order valence-electron chi connectivity index (χ4n) is 4.28. The lowest BCUT2D eigenvalue weighted by Crippen LogP contribution is -2.12. The predicted octanol–water partition coefficient (Wildman–Crippen LogP) is 8.12. The quantitative estimate of drug-likeness (QED) is 0.241. The van der Waals surface area contributed by atoms with Crippen molar-refractivity contribution in [2.75, 3.05) is 17.3 Å². The van der Waals surface area contributed by atoms with Crippen molar-refractivity contribution in [1.29, 1.82) is 0 Å². The summed E-state index contributed by atoms with van der Waals surface area (Å²) in [6, 6.07) is 34.7. The smallest absolute Gasteiger partial charge is 0.0733 e. The maximum atomic E-state index is 3.76. The molecule has 0 saturated heterocycles. The maximum absolute atomic E-state index is 3.76. The Bertz CT molecular complexity index is 1370. The van der Waals surface area contributed by atoms with Gasteiger partial charge in [0.05, 0.1) is 11.4 Å². The first-order valence-corrected chi connectivity index (χ1v) is 10.7. The number of hydrogen-bond acceptors (Lipinski definition) is 2. The molecule has 31 heavy (non-hydrogen) atoms. The zero-order valence-electron chi connectivity index (χ0n) is 18.2. The minimum atomic E-state index is 1.09.